The van der Waals surface area contributed by atoms with Gasteiger partial charge >= 0.3 is 5.97 Å². The summed E-state index contributed by atoms with van der Waals surface area (Å²) in [6.45, 7) is 6.17. The number of hydrogen-bond donors (Lipinski definition) is 0. The van der Waals surface area contributed by atoms with Gasteiger partial charge in [0, 0.05) is 11.1 Å². The quantitative estimate of drug-likeness (QED) is 0.344. The maximum atomic E-state index is 13.0. The molecule has 4 aromatic rings. The van der Waals surface area contributed by atoms with Gasteiger partial charge in [-0.1, -0.05) is 19.1 Å². The molecule has 0 radical (unpaired) electrons. The van der Waals surface area contributed by atoms with Crippen LogP contribution in [0.5, 0.6) is 11.5 Å². The predicted octanol–water partition coefficient (Wildman–Crippen LogP) is 4.02. The van der Waals surface area contributed by atoms with Crippen LogP contribution in [0.2, 0.25) is 0 Å². The number of thiophene rings is 1. The highest BCUT2D eigenvalue weighted by Crippen LogP contribution is 2.31. The molecule has 3 aromatic heterocycles. The Morgan fingerprint density at radius 2 is 1.97 bits per heavy atom. The Labute approximate surface area is 176 Å². The summed E-state index contributed by atoms with van der Waals surface area (Å²) in [5, 5.41) is 0.884. The second-order valence-corrected chi connectivity index (χ2v) is 7.99. The second kappa shape index (κ2) is 8.23. The van der Waals surface area contributed by atoms with Crippen molar-refractivity contribution in [3.05, 3.63) is 58.3 Å². The van der Waals surface area contributed by atoms with Crippen LogP contribution < -0.4 is 15.0 Å². The van der Waals surface area contributed by atoms with Crippen LogP contribution in [0.3, 0.4) is 0 Å². The molecule has 0 spiro atoms. The first-order valence-corrected chi connectivity index (χ1v) is 10.5. The summed E-state index contributed by atoms with van der Waals surface area (Å²) in [4.78, 5) is 35.2. The van der Waals surface area contributed by atoms with Gasteiger partial charge in [0.2, 0.25) is 0 Å². The molecule has 0 saturated heterocycles. The van der Waals surface area contributed by atoms with Crippen molar-refractivity contribution in [3.8, 4) is 11.5 Å². The molecule has 30 heavy (non-hydrogen) atoms. The summed E-state index contributed by atoms with van der Waals surface area (Å²) in [6.07, 6.45) is 2.23. The van der Waals surface area contributed by atoms with Crippen molar-refractivity contribution in [2.24, 2.45) is 0 Å². The van der Waals surface area contributed by atoms with Crippen molar-refractivity contribution < 1.29 is 14.3 Å². The average molecular weight is 423 g/mol. The average Bonchev–Trinajstić information content (AvgIpc) is 3.09. The Morgan fingerprint density at radius 1 is 1.20 bits per heavy atom. The molecule has 0 amide bonds. The zero-order chi connectivity index (χ0) is 21.3. The highest BCUT2D eigenvalue weighted by atomic mass is 32.1. The molecule has 0 aliphatic carbocycles. The van der Waals surface area contributed by atoms with Gasteiger partial charge in [-0.05, 0) is 44.0 Å². The molecule has 0 atom stereocenters. The van der Waals surface area contributed by atoms with E-state index in [1.54, 1.807) is 18.2 Å². The first-order valence-electron chi connectivity index (χ1n) is 9.66. The minimum absolute atomic E-state index is 0.246. The fourth-order valence-electron chi connectivity index (χ4n) is 3.27. The van der Waals surface area contributed by atoms with Crippen molar-refractivity contribution in [2.45, 2.75) is 33.7 Å². The van der Waals surface area contributed by atoms with E-state index < -0.39 is 5.97 Å². The maximum absolute atomic E-state index is 13.0. The number of carbonyl (C=O) groups excluding carboxylic acids is 1. The number of rotatable bonds is 6. The molecule has 0 fully saturated rings. The number of fused-ring (bicyclic) bond motifs is 3. The lowest BCUT2D eigenvalue weighted by Gasteiger charge is -2.11. The fraction of sp³-hybridized carbons (Fsp3) is 0.273. The van der Waals surface area contributed by atoms with E-state index >= 15 is 0 Å². The van der Waals surface area contributed by atoms with Gasteiger partial charge in [0.25, 0.3) is 5.56 Å². The lowest BCUT2D eigenvalue weighted by Crippen LogP contribution is -2.26. The number of carbonyl (C=O) groups is 1. The van der Waals surface area contributed by atoms with Crippen molar-refractivity contribution in [1.82, 2.24) is 14.5 Å². The molecule has 1 aromatic carbocycles. The summed E-state index contributed by atoms with van der Waals surface area (Å²) in [6, 6.07) is 8.94. The number of para-hydroxylation sites is 2. The van der Waals surface area contributed by atoms with E-state index in [1.165, 1.54) is 22.2 Å². The summed E-state index contributed by atoms with van der Waals surface area (Å²) >= 11 is 1.29. The Morgan fingerprint density at radius 3 is 2.73 bits per heavy atom. The van der Waals surface area contributed by atoms with E-state index in [2.05, 4.69) is 9.97 Å². The molecule has 0 aliphatic rings. The number of ether oxygens (including phenoxy) is 2. The highest BCUT2D eigenvalue weighted by molar-refractivity contribution is 7.25. The van der Waals surface area contributed by atoms with Crippen LogP contribution in [0.1, 0.15) is 24.6 Å². The van der Waals surface area contributed by atoms with E-state index in [9.17, 15) is 9.59 Å². The fourth-order valence-corrected chi connectivity index (χ4v) is 4.47. The van der Waals surface area contributed by atoms with Crippen LogP contribution in [0.25, 0.3) is 20.4 Å². The summed E-state index contributed by atoms with van der Waals surface area (Å²) in [7, 11) is 0. The van der Waals surface area contributed by atoms with Crippen molar-refractivity contribution in [1.29, 1.82) is 0 Å². The number of esters is 1. The minimum atomic E-state index is -0.572. The third kappa shape index (κ3) is 3.78. The monoisotopic (exact) mass is 423 g/mol. The topological polar surface area (TPSA) is 83.3 Å². The van der Waals surface area contributed by atoms with E-state index in [0.29, 0.717) is 28.3 Å². The molecule has 0 unspecified atom stereocenters. The smallest absolute Gasteiger partial charge is 0.331 e. The standard InChI is InChI=1S/C22H21N3O4S/c1-4-9-28-15-7-5-6-8-16(15)29-17(26)11-25-12-23-19-18-13(2)10-14(3)24-21(18)30-20(19)22(25)27/h5-8,10,12H,4,9,11H2,1-3H3. The van der Waals surface area contributed by atoms with E-state index in [1.807, 2.05) is 32.9 Å². The molecule has 0 saturated carbocycles. The second-order valence-electron chi connectivity index (χ2n) is 6.99. The molecule has 3 heterocycles. The van der Waals surface area contributed by atoms with Gasteiger partial charge in [-0.15, -0.1) is 11.3 Å². The first kappa shape index (κ1) is 20.0. The molecule has 154 valence electrons. The Bertz CT molecular complexity index is 1310. The normalized spacial score (nSPS) is 11.2. The van der Waals surface area contributed by atoms with Crippen LogP contribution in [0, 0.1) is 13.8 Å². The molecule has 8 heteroatoms. The van der Waals surface area contributed by atoms with Gasteiger partial charge in [-0.3, -0.25) is 9.36 Å². The van der Waals surface area contributed by atoms with Crippen molar-refractivity contribution in [2.75, 3.05) is 6.61 Å². The lowest BCUT2D eigenvalue weighted by molar-refractivity contribution is -0.135. The van der Waals surface area contributed by atoms with Gasteiger partial charge in [0.15, 0.2) is 11.5 Å². The number of aryl methyl sites for hydroxylation is 2. The molecule has 4 rings (SSSR count). The largest absolute Gasteiger partial charge is 0.490 e. The number of aromatic nitrogens is 3. The third-order valence-corrected chi connectivity index (χ3v) is 5.64. The van der Waals surface area contributed by atoms with Crippen LogP contribution >= 0.6 is 11.3 Å². The Hall–Kier alpha value is -3.26. The first-order chi connectivity index (χ1) is 14.5. The van der Waals surface area contributed by atoms with Crippen molar-refractivity contribution in [3.63, 3.8) is 0 Å². The highest BCUT2D eigenvalue weighted by Gasteiger charge is 2.17. The summed E-state index contributed by atoms with van der Waals surface area (Å²) in [5.41, 5.74) is 2.25. The van der Waals surface area contributed by atoms with Crippen LogP contribution in [-0.4, -0.2) is 27.1 Å². The minimum Gasteiger partial charge on any atom is -0.490 e. The number of hydrogen-bond acceptors (Lipinski definition) is 7. The Kier molecular flexibility index (Phi) is 5.50. The molecule has 0 aliphatic heterocycles. The van der Waals surface area contributed by atoms with E-state index in [-0.39, 0.29) is 12.1 Å². The zero-order valence-corrected chi connectivity index (χ0v) is 17.8. The molecule has 7 nitrogen and oxygen atoms in total. The summed E-state index contributed by atoms with van der Waals surface area (Å²) in [5.74, 6) is 0.252. The number of pyridine rings is 1. The molecular weight excluding hydrogens is 402 g/mol. The van der Waals surface area contributed by atoms with Gasteiger partial charge in [-0.25, -0.2) is 14.8 Å². The van der Waals surface area contributed by atoms with E-state index in [4.69, 9.17) is 9.47 Å². The van der Waals surface area contributed by atoms with Gasteiger partial charge in [-0.2, -0.15) is 0 Å². The molecule has 0 N–H and O–H groups in total. The van der Waals surface area contributed by atoms with E-state index in [0.717, 1.165) is 27.9 Å². The molecule has 0 bridgehead atoms. The maximum Gasteiger partial charge on any atom is 0.331 e. The third-order valence-electron chi connectivity index (χ3n) is 4.58. The van der Waals surface area contributed by atoms with Gasteiger partial charge in [0.1, 0.15) is 16.1 Å². The zero-order valence-electron chi connectivity index (χ0n) is 17.0. The number of nitrogens with zero attached hydrogens (tertiary/aromatic N) is 3. The van der Waals surface area contributed by atoms with Gasteiger partial charge < -0.3 is 9.47 Å². The predicted molar refractivity (Wildman–Crippen MR) is 117 cm³/mol. The van der Waals surface area contributed by atoms with Crippen LogP contribution in [0.4, 0.5) is 0 Å². The SMILES string of the molecule is CCCOc1ccccc1OC(=O)Cn1cnc2c(sc3nc(C)cc(C)c32)c1=O. The lowest BCUT2D eigenvalue weighted by atomic mass is 10.1. The van der Waals surface area contributed by atoms with Crippen molar-refractivity contribution >= 4 is 37.7 Å². The van der Waals surface area contributed by atoms with Crippen LogP contribution in [0.15, 0.2) is 41.5 Å². The number of benzene rings is 1. The van der Waals surface area contributed by atoms with Gasteiger partial charge in [0.05, 0.1) is 18.5 Å². The summed E-state index contributed by atoms with van der Waals surface area (Å²) < 4.78 is 12.8. The Balaban J connectivity index is 1.62. The van der Waals surface area contributed by atoms with Crippen LogP contribution in [-0.2, 0) is 11.3 Å². The molecular formula is C22H21N3O4S.